The SMILES string of the molecule is Cc1cc(C(=O)Nc2cc(N)c(F)cc2F)sc1C. The van der Waals surface area contributed by atoms with E-state index in [1.807, 2.05) is 13.8 Å². The van der Waals surface area contributed by atoms with Gasteiger partial charge in [0.1, 0.15) is 11.6 Å². The fourth-order valence-corrected chi connectivity index (χ4v) is 2.46. The number of halogens is 2. The van der Waals surface area contributed by atoms with Gasteiger partial charge in [-0.15, -0.1) is 11.3 Å². The topological polar surface area (TPSA) is 55.1 Å². The predicted octanol–water partition coefficient (Wildman–Crippen LogP) is 3.48. The zero-order valence-corrected chi connectivity index (χ0v) is 11.2. The first kappa shape index (κ1) is 13.5. The Hall–Kier alpha value is -1.95. The number of hydrogen-bond acceptors (Lipinski definition) is 3. The summed E-state index contributed by atoms with van der Waals surface area (Å²) in [5, 5.41) is 2.38. The van der Waals surface area contributed by atoms with E-state index >= 15 is 0 Å². The van der Waals surface area contributed by atoms with Crippen LogP contribution < -0.4 is 11.1 Å². The molecule has 3 N–H and O–H groups in total. The Morgan fingerprint density at radius 3 is 2.47 bits per heavy atom. The Kier molecular flexibility index (Phi) is 3.53. The summed E-state index contributed by atoms with van der Waals surface area (Å²) in [5.41, 5.74) is 5.99. The number of carbonyl (C=O) groups is 1. The van der Waals surface area contributed by atoms with E-state index in [0.29, 0.717) is 10.9 Å². The van der Waals surface area contributed by atoms with Crippen molar-refractivity contribution in [1.82, 2.24) is 0 Å². The fourth-order valence-electron chi connectivity index (χ4n) is 1.53. The number of thiophene rings is 1. The van der Waals surface area contributed by atoms with Crippen molar-refractivity contribution in [3.63, 3.8) is 0 Å². The Morgan fingerprint density at radius 2 is 1.89 bits per heavy atom. The molecule has 0 saturated heterocycles. The molecule has 2 rings (SSSR count). The Bertz CT molecular complexity index is 633. The van der Waals surface area contributed by atoms with Crippen LogP contribution in [0.1, 0.15) is 20.1 Å². The van der Waals surface area contributed by atoms with Gasteiger partial charge in [-0.1, -0.05) is 0 Å². The number of nitrogens with two attached hydrogens (primary N) is 1. The van der Waals surface area contributed by atoms with Gasteiger partial charge in [0.15, 0.2) is 0 Å². The van der Waals surface area contributed by atoms with Gasteiger partial charge in [-0.2, -0.15) is 0 Å². The number of carbonyl (C=O) groups excluding carboxylic acids is 1. The zero-order chi connectivity index (χ0) is 14.2. The standard InChI is InChI=1S/C13H12F2N2OS/c1-6-3-12(19-7(6)2)13(18)17-11-5-10(16)8(14)4-9(11)15/h3-5H,16H2,1-2H3,(H,17,18). The van der Waals surface area contributed by atoms with Gasteiger partial charge in [0.25, 0.3) is 5.91 Å². The van der Waals surface area contributed by atoms with Crippen LogP contribution in [-0.4, -0.2) is 5.91 Å². The van der Waals surface area contributed by atoms with Crippen LogP contribution in [0.2, 0.25) is 0 Å². The van der Waals surface area contributed by atoms with Crippen LogP contribution in [0.3, 0.4) is 0 Å². The second-order valence-electron chi connectivity index (χ2n) is 4.16. The summed E-state index contributed by atoms with van der Waals surface area (Å²) >= 11 is 1.32. The molecule has 0 radical (unpaired) electrons. The van der Waals surface area contributed by atoms with Crippen LogP contribution in [0.25, 0.3) is 0 Å². The Morgan fingerprint density at radius 1 is 1.21 bits per heavy atom. The van der Waals surface area contributed by atoms with Crippen molar-refractivity contribution in [2.75, 3.05) is 11.1 Å². The van der Waals surface area contributed by atoms with Gasteiger partial charge in [-0.05, 0) is 31.5 Å². The van der Waals surface area contributed by atoms with E-state index in [-0.39, 0.29) is 11.4 Å². The molecule has 0 aliphatic heterocycles. The third kappa shape index (κ3) is 2.73. The van der Waals surface area contributed by atoms with Gasteiger partial charge in [-0.25, -0.2) is 8.78 Å². The first-order chi connectivity index (χ1) is 8.88. The molecule has 0 fully saturated rings. The largest absolute Gasteiger partial charge is 0.396 e. The molecule has 100 valence electrons. The van der Waals surface area contributed by atoms with Crippen molar-refractivity contribution < 1.29 is 13.6 Å². The Balaban J connectivity index is 2.26. The van der Waals surface area contributed by atoms with Crippen molar-refractivity contribution in [3.05, 3.63) is 45.2 Å². The molecule has 1 heterocycles. The second-order valence-corrected chi connectivity index (χ2v) is 5.41. The number of anilines is 2. The number of hydrogen-bond donors (Lipinski definition) is 2. The first-order valence-electron chi connectivity index (χ1n) is 5.51. The molecule has 0 bridgehead atoms. The minimum Gasteiger partial charge on any atom is -0.396 e. The molecular formula is C13H12F2N2OS. The highest BCUT2D eigenvalue weighted by Gasteiger charge is 2.14. The highest BCUT2D eigenvalue weighted by molar-refractivity contribution is 7.14. The first-order valence-corrected chi connectivity index (χ1v) is 6.33. The Labute approximate surface area is 113 Å². The second kappa shape index (κ2) is 4.97. The number of amides is 1. The summed E-state index contributed by atoms with van der Waals surface area (Å²) in [6, 6.07) is 3.44. The zero-order valence-electron chi connectivity index (χ0n) is 10.4. The third-order valence-corrected chi connectivity index (χ3v) is 3.88. The molecule has 6 heteroatoms. The molecule has 19 heavy (non-hydrogen) atoms. The predicted molar refractivity (Wildman–Crippen MR) is 72.5 cm³/mol. The maximum absolute atomic E-state index is 13.5. The molecule has 1 amide bonds. The lowest BCUT2D eigenvalue weighted by Gasteiger charge is -2.06. The molecule has 0 spiro atoms. The van der Waals surface area contributed by atoms with E-state index in [1.165, 1.54) is 11.3 Å². The summed E-state index contributed by atoms with van der Waals surface area (Å²) in [7, 11) is 0. The summed E-state index contributed by atoms with van der Waals surface area (Å²) in [6.07, 6.45) is 0. The van der Waals surface area contributed by atoms with E-state index in [2.05, 4.69) is 5.32 Å². The van der Waals surface area contributed by atoms with Crippen LogP contribution in [0.5, 0.6) is 0 Å². The van der Waals surface area contributed by atoms with Gasteiger partial charge in [0, 0.05) is 10.9 Å². The molecule has 0 aliphatic rings. The van der Waals surface area contributed by atoms with E-state index in [0.717, 1.165) is 16.5 Å². The van der Waals surface area contributed by atoms with Crippen molar-refractivity contribution >= 4 is 28.6 Å². The molecule has 0 atom stereocenters. The molecular weight excluding hydrogens is 270 g/mol. The highest BCUT2D eigenvalue weighted by Crippen LogP contribution is 2.24. The van der Waals surface area contributed by atoms with Gasteiger partial charge in [-0.3, -0.25) is 4.79 Å². The maximum Gasteiger partial charge on any atom is 0.265 e. The highest BCUT2D eigenvalue weighted by atomic mass is 32.1. The van der Waals surface area contributed by atoms with Gasteiger partial charge >= 0.3 is 0 Å². The van der Waals surface area contributed by atoms with E-state index in [1.54, 1.807) is 6.07 Å². The fraction of sp³-hybridized carbons (Fsp3) is 0.154. The quantitative estimate of drug-likeness (QED) is 0.829. The minimum atomic E-state index is -0.856. The molecule has 0 saturated carbocycles. The van der Waals surface area contributed by atoms with E-state index in [4.69, 9.17) is 5.73 Å². The molecule has 1 aromatic heterocycles. The third-order valence-electron chi connectivity index (χ3n) is 2.72. The average Bonchev–Trinajstić information content (AvgIpc) is 2.67. The average molecular weight is 282 g/mol. The van der Waals surface area contributed by atoms with Crippen LogP contribution in [-0.2, 0) is 0 Å². The van der Waals surface area contributed by atoms with Crippen LogP contribution in [0.15, 0.2) is 18.2 Å². The molecule has 1 aromatic carbocycles. The molecule has 0 unspecified atom stereocenters. The summed E-state index contributed by atoms with van der Waals surface area (Å²) in [5.74, 6) is -2.14. The van der Waals surface area contributed by atoms with Crippen molar-refractivity contribution in [3.8, 4) is 0 Å². The lowest BCUT2D eigenvalue weighted by molar-refractivity contribution is 0.103. The van der Waals surface area contributed by atoms with Crippen molar-refractivity contribution in [1.29, 1.82) is 0 Å². The summed E-state index contributed by atoms with van der Waals surface area (Å²) in [6.45, 7) is 3.78. The maximum atomic E-state index is 13.5. The van der Waals surface area contributed by atoms with Crippen LogP contribution in [0.4, 0.5) is 20.2 Å². The normalized spacial score (nSPS) is 10.5. The minimum absolute atomic E-state index is 0.132. The molecule has 3 nitrogen and oxygen atoms in total. The van der Waals surface area contributed by atoms with Gasteiger partial charge < -0.3 is 11.1 Å². The number of rotatable bonds is 2. The summed E-state index contributed by atoms with van der Waals surface area (Å²) < 4.78 is 26.5. The lowest BCUT2D eigenvalue weighted by Crippen LogP contribution is -2.12. The smallest absolute Gasteiger partial charge is 0.265 e. The van der Waals surface area contributed by atoms with E-state index in [9.17, 15) is 13.6 Å². The van der Waals surface area contributed by atoms with Crippen LogP contribution >= 0.6 is 11.3 Å². The molecule has 0 aliphatic carbocycles. The number of nitrogens with one attached hydrogen (secondary N) is 1. The summed E-state index contributed by atoms with van der Waals surface area (Å²) in [4.78, 5) is 13.4. The van der Waals surface area contributed by atoms with E-state index < -0.39 is 17.5 Å². The monoisotopic (exact) mass is 282 g/mol. The van der Waals surface area contributed by atoms with Crippen molar-refractivity contribution in [2.24, 2.45) is 0 Å². The van der Waals surface area contributed by atoms with Gasteiger partial charge in [0.2, 0.25) is 0 Å². The number of benzene rings is 1. The number of nitrogen functional groups attached to an aromatic ring is 1. The number of aryl methyl sites for hydroxylation is 2. The van der Waals surface area contributed by atoms with Crippen molar-refractivity contribution in [2.45, 2.75) is 13.8 Å². The molecule has 2 aromatic rings. The lowest BCUT2D eigenvalue weighted by atomic mass is 10.2. The van der Waals surface area contributed by atoms with Crippen LogP contribution in [0, 0.1) is 25.5 Å². The van der Waals surface area contributed by atoms with Gasteiger partial charge in [0.05, 0.1) is 16.3 Å².